The molecule has 2 aliphatic heterocycles. The van der Waals surface area contributed by atoms with Gasteiger partial charge in [-0.15, -0.1) is 0 Å². The number of hydrogen-bond donors (Lipinski definition) is 1. The minimum absolute atomic E-state index is 0.152. The van der Waals surface area contributed by atoms with E-state index in [9.17, 15) is 4.79 Å². The molecule has 2 saturated heterocycles. The van der Waals surface area contributed by atoms with Crippen molar-refractivity contribution < 1.29 is 9.53 Å². The van der Waals surface area contributed by atoms with Crippen LogP contribution in [0.25, 0.3) is 0 Å². The molecular formula is C19H33N3O2. The molecule has 2 saturated carbocycles. The predicted octanol–water partition coefficient (Wildman–Crippen LogP) is 2.46. The average molecular weight is 335 g/mol. The molecule has 0 unspecified atom stereocenters. The fourth-order valence-corrected chi connectivity index (χ4v) is 5.22. The summed E-state index contributed by atoms with van der Waals surface area (Å²) in [6, 6.07) is 1.76. The molecule has 1 N–H and O–H groups in total. The van der Waals surface area contributed by atoms with Crippen LogP contribution in [-0.2, 0) is 4.74 Å². The number of nitrogens with one attached hydrogen (secondary N) is 1. The second kappa shape index (κ2) is 6.83. The van der Waals surface area contributed by atoms with Gasteiger partial charge in [-0.05, 0) is 57.4 Å². The van der Waals surface area contributed by atoms with E-state index in [0.29, 0.717) is 5.92 Å². The Labute approximate surface area is 146 Å². The molecule has 0 radical (unpaired) electrons. The Morgan fingerprint density at radius 2 is 2.00 bits per heavy atom. The number of piperidine rings is 2. The Kier molecular flexibility index (Phi) is 4.74. The van der Waals surface area contributed by atoms with Crippen LogP contribution < -0.4 is 5.32 Å². The number of carbonyl (C=O) groups is 1. The second-order valence-electron chi connectivity index (χ2n) is 8.62. The Morgan fingerprint density at radius 3 is 2.67 bits per heavy atom. The summed E-state index contributed by atoms with van der Waals surface area (Å²) in [6.07, 6.45) is 10.2. The third-order valence-corrected chi connectivity index (χ3v) is 6.89. The highest BCUT2D eigenvalue weighted by Gasteiger charge is 2.43. The predicted molar refractivity (Wildman–Crippen MR) is 94.0 cm³/mol. The lowest BCUT2D eigenvalue weighted by Gasteiger charge is -2.48. The van der Waals surface area contributed by atoms with Crippen molar-refractivity contribution in [3.05, 3.63) is 0 Å². The fourth-order valence-electron chi connectivity index (χ4n) is 5.22. The molecule has 2 atom stereocenters. The number of fused-ring (bicyclic) bond motifs is 1. The molecule has 0 aromatic carbocycles. The first kappa shape index (κ1) is 16.6. The van der Waals surface area contributed by atoms with E-state index in [1.54, 1.807) is 7.11 Å². The van der Waals surface area contributed by atoms with Gasteiger partial charge in [-0.1, -0.05) is 6.42 Å². The number of amides is 2. The van der Waals surface area contributed by atoms with Crippen molar-refractivity contribution in [2.75, 3.05) is 39.9 Å². The van der Waals surface area contributed by atoms with E-state index in [1.165, 1.54) is 51.5 Å². The van der Waals surface area contributed by atoms with E-state index in [-0.39, 0.29) is 11.4 Å². The summed E-state index contributed by atoms with van der Waals surface area (Å²) in [7, 11) is 1.77. The maximum atomic E-state index is 12.7. The standard InChI is InChI=1S/C19H33N3O2/c1-24-14-19(8-3-9-19)13-20-18(23)21-11-7-17-15(12-21)4-2-10-22(17)16-5-6-16/h15-17H,2-14H2,1H3,(H,20,23)/t15-,17+/m1/s1. The average Bonchev–Trinajstić information content (AvgIpc) is 3.40. The van der Waals surface area contributed by atoms with E-state index in [2.05, 4.69) is 15.1 Å². The largest absolute Gasteiger partial charge is 0.384 e. The van der Waals surface area contributed by atoms with Gasteiger partial charge in [0.2, 0.25) is 0 Å². The molecule has 0 aromatic rings. The SMILES string of the molecule is COCC1(CNC(=O)N2CC[C@H]3[C@H](CCCN3C3CC3)C2)CCC1. The van der Waals surface area contributed by atoms with Crippen LogP contribution >= 0.6 is 0 Å². The van der Waals surface area contributed by atoms with Gasteiger partial charge in [-0.25, -0.2) is 4.79 Å². The highest BCUT2D eigenvalue weighted by molar-refractivity contribution is 5.74. The number of methoxy groups -OCH3 is 1. The zero-order valence-corrected chi connectivity index (χ0v) is 15.1. The summed E-state index contributed by atoms with van der Waals surface area (Å²) in [5, 5.41) is 3.22. The topological polar surface area (TPSA) is 44.8 Å². The van der Waals surface area contributed by atoms with Gasteiger partial charge in [0.05, 0.1) is 6.61 Å². The molecule has 2 heterocycles. The zero-order valence-electron chi connectivity index (χ0n) is 15.1. The van der Waals surface area contributed by atoms with Gasteiger partial charge in [-0.2, -0.15) is 0 Å². The highest BCUT2D eigenvalue weighted by atomic mass is 16.5. The molecule has 2 aliphatic carbocycles. The number of hydrogen-bond acceptors (Lipinski definition) is 3. The van der Waals surface area contributed by atoms with Gasteiger partial charge >= 0.3 is 6.03 Å². The molecule has 4 fully saturated rings. The molecule has 0 aromatic heterocycles. The highest BCUT2D eigenvalue weighted by Crippen LogP contribution is 2.41. The monoisotopic (exact) mass is 335 g/mol. The quantitative estimate of drug-likeness (QED) is 0.839. The number of nitrogens with zero attached hydrogens (tertiary/aromatic N) is 2. The van der Waals surface area contributed by atoms with Gasteiger partial charge in [0, 0.05) is 44.2 Å². The lowest BCUT2D eigenvalue weighted by atomic mass is 9.69. The first-order valence-electron chi connectivity index (χ1n) is 9.98. The van der Waals surface area contributed by atoms with Gasteiger partial charge in [0.25, 0.3) is 0 Å². The number of likely N-dealkylation sites (tertiary alicyclic amines) is 2. The molecule has 0 bridgehead atoms. The van der Waals surface area contributed by atoms with Crippen molar-refractivity contribution in [2.24, 2.45) is 11.3 Å². The Hall–Kier alpha value is -0.810. The summed E-state index contributed by atoms with van der Waals surface area (Å²) >= 11 is 0. The Bertz CT molecular complexity index is 462. The Balaban J connectivity index is 1.28. The van der Waals surface area contributed by atoms with Crippen LogP contribution in [0.2, 0.25) is 0 Å². The van der Waals surface area contributed by atoms with Crippen LogP contribution in [0.3, 0.4) is 0 Å². The van der Waals surface area contributed by atoms with Crippen LogP contribution in [0, 0.1) is 11.3 Å². The summed E-state index contributed by atoms with van der Waals surface area (Å²) in [5.74, 6) is 0.690. The Morgan fingerprint density at radius 1 is 1.17 bits per heavy atom. The lowest BCUT2D eigenvalue weighted by Crippen LogP contribution is -2.58. The fraction of sp³-hybridized carbons (Fsp3) is 0.947. The van der Waals surface area contributed by atoms with Crippen molar-refractivity contribution in [1.29, 1.82) is 0 Å². The van der Waals surface area contributed by atoms with Crippen molar-refractivity contribution in [3.63, 3.8) is 0 Å². The minimum Gasteiger partial charge on any atom is -0.384 e. The summed E-state index contributed by atoms with van der Waals surface area (Å²) < 4.78 is 5.37. The van der Waals surface area contributed by atoms with Crippen LogP contribution in [0.5, 0.6) is 0 Å². The maximum absolute atomic E-state index is 12.7. The number of rotatable bonds is 5. The van der Waals surface area contributed by atoms with E-state index in [0.717, 1.165) is 44.7 Å². The van der Waals surface area contributed by atoms with Crippen LogP contribution in [0.15, 0.2) is 0 Å². The van der Waals surface area contributed by atoms with Crippen molar-refractivity contribution in [1.82, 2.24) is 15.1 Å². The molecule has 2 amide bonds. The van der Waals surface area contributed by atoms with Gasteiger partial charge in [0.1, 0.15) is 0 Å². The summed E-state index contributed by atoms with van der Waals surface area (Å²) in [4.78, 5) is 17.5. The van der Waals surface area contributed by atoms with E-state index >= 15 is 0 Å². The molecule has 136 valence electrons. The molecule has 0 spiro atoms. The number of urea groups is 1. The van der Waals surface area contributed by atoms with E-state index in [4.69, 9.17) is 4.74 Å². The van der Waals surface area contributed by atoms with Crippen LogP contribution in [0.4, 0.5) is 4.79 Å². The summed E-state index contributed by atoms with van der Waals surface area (Å²) in [6.45, 7) is 4.72. The maximum Gasteiger partial charge on any atom is 0.317 e. The second-order valence-corrected chi connectivity index (χ2v) is 8.62. The summed E-state index contributed by atoms with van der Waals surface area (Å²) in [5.41, 5.74) is 0.205. The van der Waals surface area contributed by atoms with Crippen LogP contribution in [0.1, 0.15) is 51.4 Å². The third kappa shape index (κ3) is 3.30. The third-order valence-electron chi connectivity index (χ3n) is 6.89. The van der Waals surface area contributed by atoms with E-state index < -0.39 is 0 Å². The van der Waals surface area contributed by atoms with Gasteiger partial charge in [-0.3, -0.25) is 4.90 Å². The van der Waals surface area contributed by atoms with Crippen molar-refractivity contribution >= 4 is 6.03 Å². The number of carbonyl (C=O) groups excluding carboxylic acids is 1. The minimum atomic E-state index is 0.152. The number of ether oxygens (including phenoxy) is 1. The van der Waals surface area contributed by atoms with Crippen LogP contribution in [-0.4, -0.2) is 67.8 Å². The van der Waals surface area contributed by atoms with Crippen molar-refractivity contribution in [2.45, 2.75) is 63.5 Å². The lowest BCUT2D eigenvalue weighted by molar-refractivity contribution is 0.0141. The van der Waals surface area contributed by atoms with Gasteiger partial charge < -0.3 is 15.0 Å². The van der Waals surface area contributed by atoms with E-state index in [1.807, 2.05) is 0 Å². The first-order chi connectivity index (χ1) is 11.7. The van der Waals surface area contributed by atoms with Gasteiger partial charge in [0.15, 0.2) is 0 Å². The molecular weight excluding hydrogens is 302 g/mol. The molecule has 24 heavy (non-hydrogen) atoms. The smallest absolute Gasteiger partial charge is 0.317 e. The van der Waals surface area contributed by atoms with Crippen molar-refractivity contribution in [3.8, 4) is 0 Å². The normalized spacial score (nSPS) is 32.8. The molecule has 4 aliphatic rings. The zero-order chi connectivity index (χ0) is 16.6. The first-order valence-corrected chi connectivity index (χ1v) is 9.98. The molecule has 5 nitrogen and oxygen atoms in total. The molecule has 4 rings (SSSR count). The molecule has 5 heteroatoms.